The van der Waals surface area contributed by atoms with Gasteiger partial charge in [-0.05, 0) is 18.2 Å². The van der Waals surface area contributed by atoms with Crippen LogP contribution in [0.1, 0.15) is 6.42 Å². The summed E-state index contributed by atoms with van der Waals surface area (Å²) in [6.45, 7) is 4.12. The number of carbonyl (C=O) groups is 1. The van der Waals surface area contributed by atoms with Crippen molar-refractivity contribution in [2.75, 3.05) is 11.4 Å². The molecular formula is C12H11ClFNO. The van der Waals surface area contributed by atoms with Crippen LogP contribution in [0, 0.1) is 11.7 Å². The number of halogens is 2. The van der Waals surface area contributed by atoms with Gasteiger partial charge in [0.15, 0.2) is 0 Å². The number of nitrogens with zero attached hydrogens (tertiary/aromatic N) is 1. The van der Waals surface area contributed by atoms with E-state index < -0.39 is 5.82 Å². The third-order valence-electron chi connectivity index (χ3n) is 2.69. The number of anilines is 1. The van der Waals surface area contributed by atoms with E-state index in [0.717, 1.165) is 0 Å². The second-order valence-electron chi connectivity index (χ2n) is 3.80. The van der Waals surface area contributed by atoms with Crippen LogP contribution in [0.5, 0.6) is 0 Å². The van der Waals surface area contributed by atoms with Crippen molar-refractivity contribution in [1.29, 1.82) is 0 Å². The van der Waals surface area contributed by atoms with Gasteiger partial charge in [0.1, 0.15) is 5.82 Å². The molecule has 1 aromatic rings. The predicted molar refractivity (Wildman–Crippen MR) is 62.1 cm³/mol. The van der Waals surface area contributed by atoms with Crippen molar-refractivity contribution in [1.82, 2.24) is 0 Å². The van der Waals surface area contributed by atoms with Crippen LogP contribution in [0.25, 0.3) is 0 Å². The van der Waals surface area contributed by atoms with E-state index in [1.807, 2.05) is 0 Å². The molecule has 0 aliphatic carbocycles. The Bertz CT molecular complexity index is 447. The Hall–Kier alpha value is -1.35. The zero-order chi connectivity index (χ0) is 11.7. The molecule has 2 rings (SSSR count). The Balaban J connectivity index is 2.34. The number of benzene rings is 1. The van der Waals surface area contributed by atoms with Crippen molar-refractivity contribution in [2.24, 2.45) is 5.92 Å². The van der Waals surface area contributed by atoms with Crippen LogP contribution < -0.4 is 4.90 Å². The molecule has 16 heavy (non-hydrogen) atoms. The highest BCUT2D eigenvalue weighted by atomic mass is 35.5. The Kier molecular flexibility index (Phi) is 2.97. The SMILES string of the molecule is C=CC1CC(=O)N(c2cc(Cl)ccc2F)C1. The summed E-state index contributed by atoms with van der Waals surface area (Å²) >= 11 is 5.79. The highest BCUT2D eigenvalue weighted by molar-refractivity contribution is 6.30. The fourth-order valence-electron chi connectivity index (χ4n) is 1.82. The largest absolute Gasteiger partial charge is 0.309 e. The summed E-state index contributed by atoms with van der Waals surface area (Å²) in [5.74, 6) is -0.431. The normalized spacial score (nSPS) is 20.2. The van der Waals surface area contributed by atoms with Gasteiger partial charge in [-0.15, -0.1) is 6.58 Å². The van der Waals surface area contributed by atoms with E-state index in [-0.39, 0.29) is 17.5 Å². The third kappa shape index (κ3) is 1.95. The van der Waals surface area contributed by atoms with Gasteiger partial charge in [0, 0.05) is 23.9 Å². The monoisotopic (exact) mass is 239 g/mol. The molecule has 1 fully saturated rings. The lowest BCUT2D eigenvalue weighted by atomic mass is 10.1. The van der Waals surface area contributed by atoms with Crippen molar-refractivity contribution in [2.45, 2.75) is 6.42 Å². The zero-order valence-electron chi connectivity index (χ0n) is 8.62. The van der Waals surface area contributed by atoms with Gasteiger partial charge in [0.25, 0.3) is 0 Å². The molecule has 1 aromatic carbocycles. The molecule has 84 valence electrons. The first-order chi connectivity index (χ1) is 7.61. The molecule has 0 aromatic heterocycles. The molecule has 0 N–H and O–H groups in total. The molecule has 0 saturated carbocycles. The molecule has 1 unspecified atom stereocenters. The van der Waals surface area contributed by atoms with Crippen molar-refractivity contribution < 1.29 is 9.18 Å². The quantitative estimate of drug-likeness (QED) is 0.727. The lowest BCUT2D eigenvalue weighted by Crippen LogP contribution is -2.25. The molecule has 1 amide bonds. The smallest absolute Gasteiger partial charge is 0.227 e. The summed E-state index contributed by atoms with van der Waals surface area (Å²) in [5.41, 5.74) is 0.252. The maximum atomic E-state index is 13.5. The number of hydrogen-bond donors (Lipinski definition) is 0. The highest BCUT2D eigenvalue weighted by Crippen LogP contribution is 2.29. The molecular weight excluding hydrogens is 229 g/mol. The number of hydrogen-bond acceptors (Lipinski definition) is 1. The van der Waals surface area contributed by atoms with Crippen molar-refractivity contribution >= 4 is 23.2 Å². The summed E-state index contributed by atoms with van der Waals surface area (Å²) in [5, 5.41) is 0.422. The molecule has 4 heteroatoms. The van der Waals surface area contributed by atoms with Crippen molar-refractivity contribution in [3.8, 4) is 0 Å². The van der Waals surface area contributed by atoms with Crippen LogP contribution >= 0.6 is 11.6 Å². The summed E-state index contributed by atoms with van der Waals surface area (Å²) < 4.78 is 13.5. The highest BCUT2D eigenvalue weighted by Gasteiger charge is 2.30. The summed E-state index contributed by atoms with van der Waals surface area (Å²) in [6, 6.07) is 4.21. The van der Waals surface area contributed by atoms with Crippen LogP contribution in [0.2, 0.25) is 5.02 Å². The standard InChI is InChI=1S/C12H11ClFNO/c1-2-8-5-12(16)15(7-8)11-6-9(13)3-4-10(11)14/h2-4,6,8H,1,5,7H2. The van der Waals surface area contributed by atoms with E-state index in [1.54, 1.807) is 6.08 Å². The lowest BCUT2D eigenvalue weighted by Gasteiger charge is -2.17. The Morgan fingerprint density at radius 2 is 2.31 bits per heavy atom. The van der Waals surface area contributed by atoms with Crippen LogP contribution in [0.15, 0.2) is 30.9 Å². The van der Waals surface area contributed by atoms with Gasteiger partial charge in [-0.2, -0.15) is 0 Å². The molecule has 1 aliphatic rings. The van der Waals surface area contributed by atoms with Gasteiger partial charge in [-0.1, -0.05) is 17.7 Å². The topological polar surface area (TPSA) is 20.3 Å². The minimum atomic E-state index is -0.428. The van der Waals surface area contributed by atoms with E-state index in [0.29, 0.717) is 18.0 Å². The van der Waals surface area contributed by atoms with E-state index in [9.17, 15) is 9.18 Å². The Morgan fingerprint density at radius 3 is 2.94 bits per heavy atom. The van der Waals surface area contributed by atoms with Crippen molar-refractivity contribution in [3.63, 3.8) is 0 Å². The predicted octanol–water partition coefficient (Wildman–Crippen LogP) is 3.02. The maximum Gasteiger partial charge on any atom is 0.227 e. The second-order valence-corrected chi connectivity index (χ2v) is 4.24. The van der Waals surface area contributed by atoms with Crippen molar-refractivity contribution in [3.05, 3.63) is 41.7 Å². The first-order valence-corrected chi connectivity index (χ1v) is 5.37. The molecule has 0 bridgehead atoms. The Morgan fingerprint density at radius 1 is 1.56 bits per heavy atom. The molecule has 1 heterocycles. The van der Waals surface area contributed by atoms with Crippen LogP contribution in [-0.4, -0.2) is 12.5 Å². The van der Waals surface area contributed by atoms with E-state index in [2.05, 4.69) is 6.58 Å². The molecule has 1 aliphatic heterocycles. The van der Waals surface area contributed by atoms with Gasteiger partial charge in [-0.3, -0.25) is 4.79 Å². The molecule has 2 nitrogen and oxygen atoms in total. The zero-order valence-corrected chi connectivity index (χ0v) is 9.38. The van der Waals surface area contributed by atoms with Gasteiger partial charge in [-0.25, -0.2) is 4.39 Å². The summed E-state index contributed by atoms with van der Waals surface area (Å²) in [6.07, 6.45) is 2.11. The van der Waals surface area contributed by atoms with Crippen LogP contribution in [0.4, 0.5) is 10.1 Å². The van der Waals surface area contributed by atoms with Gasteiger partial charge < -0.3 is 4.90 Å². The number of rotatable bonds is 2. The molecule has 1 atom stereocenters. The Labute approximate surface area is 98.3 Å². The fraction of sp³-hybridized carbons (Fsp3) is 0.250. The molecule has 1 saturated heterocycles. The van der Waals surface area contributed by atoms with E-state index in [1.165, 1.54) is 23.1 Å². The lowest BCUT2D eigenvalue weighted by molar-refractivity contribution is -0.117. The fourth-order valence-corrected chi connectivity index (χ4v) is 1.98. The van der Waals surface area contributed by atoms with Crippen LogP contribution in [0.3, 0.4) is 0 Å². The van der Waals surface area contributed by atoms with Gasteiger partial charge in [0.2, 0.25) is 5.91 Å². The van der Waals surface area contributed by atoms with E-state index >= 15 is 0 Å². The summed E-state index contributed by atoms with van der Waals surface area (Å²) in [7, 11) is 0. The summed E-state index contributed by atoms with van der Waals surface area (Å²) in [4.78, 5) is 13.1. The number of carbonyl (C=O) groups excluding carboxylic acids is 1. The first kappa shape index (κ1) is 11.1. The average Bonchev–Trinajstić information content (AvgIpc) is 2.63. The third-order valence-corrected chi connectivity index (χ3v) is 2.92. The van der Waals surface area contributed by atoms with Gasteiger partial charge >= 0.3 is 0 Å². The van der Waals surface area contributed by atoms with E-state index in [4.69, 9.17) is 11.6 Å². The van der Waals surface area contributed by atoms with Crippen LogP contribution in [-0.2, 0) is 4.79 Å². The average molecular weight is 240 g/mol. The minimum absolute atomic E-state index is 0.0888. The first-order valence-electron chi connectivity index (χ1n) is 5.00. The molecule has 0 radical (unpaired) electrons. The van der Waals surface area contributed by atoms with Gasteiger partial charge in [0.05, 0.1) is 5.69 Å². The maximum absolute atomic E-state index is 13.5. The minimum Gasteiger partial charge on any atom is -0.309 e. The second kappa shape index (κ2) is 4.26. The molecule has 0 spiro atoms. The number of amides is 1.